The van der Waals surface area contributed by atoms with E-state index in [-0.39, 0.29) is 36.0 Å². The number of carboxylic acids is 1. The first-order valence-corrected chi connectivity index (χ1v) is 9.15. The molecule has 8 nitrogen and oxygen atoms in total. The second kappa shape index (κ2) is 8.79. The summed E-state index contributed by atoms with van der Waals surface area (Å²) in [6, 6.07) is 12.0. The lowest BCUT2D eigenvalue weighted by Crippen LogP contribution is -2.53. The van der Waals surface area contributed by atoms with Crippen LogP contribution in [0.25, 0.3) is 0 Å². The van der Waals surface area contributed by atoms with Gasteiger partial charge >= 0.3 is 13.1 Å². The zero-order valence-corrected chi connectivity index (χ0v) is 15.8. The van der Waals surface area contributed by atoms with E-state index in [9.17, 15) is 24.5 Å². The molecule has 0 saturated carbocycles. The lowest BCUT2D eigenvalue weighted by atomic mass is 9.72. The van der Waals surface area contributed by atoms with Crippen molar-refractivity contribution in [3.63, 3.8) is 0 Å². The molecule has 1 atom stereocenters. The molecule has 2 aromatic carbocycles. The van der Waals surface area contributed by atoms with Crippen molar-refractivity contribution in [3.8, 4) is 5.75 Å². The molecule has 4 N–H and O–H groups in total. The summed E-state index contributed by atoms with van der Waals surface area (Å²) in [5.41, 5.74) is 2.30. The molecule has 2 amide bonds. The third-order valence-corrected chi connectivity index (χ3v) is 4.63. The van der Waals surface area contributed by atoms with E-state index in [1.54, 1.807) is 24.3 Å². The number of carboxylic acid groups (broad SMARTS) is 1. The quantitative estimate of drug-likeness (QED) is 0.533. The predicted octanol–water partition coefficient (Wildman–Crippen LogP) is 0.703. The Bertz CT molecular complexity index is 931. The molecule has 0 radical (unpaired) electrons. The van der Waals surface area contributed by atoms with Crippen LogP contribution in [0.1, 0.15) is 34.0 Å². The fourth-order valence-corrected chi connectivity index (χ4v) is 3.16. The van der Waals surface area contributed by atoms with Gasteiger partial charge in [0.15, 0.2) is 0 Å². The maximum Gasteiger partial charge on any atom is 0.547 e. The minimum atomic E-state index is -1.34. The molecule has 29 heavy (non-hydrogen) atoms. The molecule has 0 unspecified atom stereocenters. The average Bonchev–Trinajstić information content (AvgIpc) is 2.67. The lowest BCUT2D eigenvalue weighted by Gasteiger charge is -2.28. The smallest absolute Gasteiger partial charge is 0.534 e. The predicted molar refractivity (Wildman–Crippen MR) is 105 cm³/mol. The number of benzene rings is 2. The van der Waals surface area contributed by atoms with Gasteiger partial charge in [-0.05, 0) is 29.2 Å². The highest BCUT2D eigenvalue weighted by atomic mass is 16.5. The molecule has 0 bridgehead atoms. The number of fused-ring (bicyclic) bond motifs is 1. The number of nitrogens with one attached hydrogen (secondary N) is 2. The van der Waals surface area contributed by atoms with Gasteiger partial charge in [-0.1, -0.05) is 36.4 Å². The van der Waals surface area contributed by atoms with E-state index in [4.69, 9.17) is 4.65 Å². The van der Waals surface area contributed by atoms with Crippen LogP contribution in [0.4, 0.5) is 0 Å². The summed E-state index contributed by atoms with van der Waals surface area (Å²) in [6.45, 7) is 1.87. The van der Waals surface area contributed by atoms with Crippen LogP contribution in [0.5, 0.6) is 5.75 Å². The minimum Gasteiger partial charge on any atom is -0.534 e. The van der Waals surface area contributed by atoms with Crippen molar-refractivity contribution in [2.75, 3.05) is 0 Å². The fourth-order valence-electron chi connectivity index (χ4n) is 3.16. The summed E-state index contributed by atoms with van der Waals surface area (Å²) in [6.07, 6.45) is 0.380. The molecule has 9 heteroatoms. The number of hydrogen-bond donors (Lipinski definition) is 4. The fraction of sp³-hybridized carbons (Fsp3) is 0.250. The average molecular weight is 396 g/mol. The third kappa shape index (κ3) is 5.14. The number of amides is 2. The number of carbonyl (C=O) groups is 3. The molecule has 1 aliphatic heterocycles. The number of aromatic carboxylic acids is 1. The topological polar surface area (TPSA) is 125 Å². The zero-order valence-electron chi connectivity index (χ0n) is 15.8. The first-order valence-electron chi connectivity index (χ1n) is 9.15. The molecule has 1 heterocycles. The largest absolute Gasteiger partial charge is 0.547 e. The van der Waals surface area contributed by atoms with Crippen molar-refractivity contribution in [1.82, 2.24) is 10.6 Å². The Balaban J connectivity index is 1.60. The van der Waals surface area contributed by atoms with Crippen molar-refractivity contribution in [2.24, 2.45) is 0 Å². The van der Waals surface area contributed by atoms with E-state index >= 15 is 0 Å². The molecular formula is C20H21BN2O6. The molecule has 0 spiro atoms. The van der Waals surface area contributed by atoms with Crippen LogP contribution in [-0.2, 0) is 29.0 Å². The van der Waals surface area contributed by atoms with Gasteiger partial charge in [0.2, 0.25) is 11.8 Å². The van der Waals surface area contributed by atoms with Crippen molar-refractivity contribution < 1.29 is 29.2 Å². The van der Waals surface area contributed by atoms with Crippen LogP contribution >= 0.6 is 0 Å². The van der Waals surface area contributed by atoms with Crippen LogP contribution in [0.3, 0.4) is 0 Å². The van der Waals surface area contributed by atoms with E-state index in [0.717, 1.165) is 11.1 Å². The summed E-state index contributed by atoms with van der Waals surface area (Å²) >= 11 is 0. The summed E-state index contributed by atoms with van der Waals surface area (Å²) in [7, 11) is -1.34. The Morgan fingerprint density at radius 3 is 2.48 bits per heavy atom. The van der Waals surface area contributed by atoms with Crippen LogP contribution in [0.15, 0.2) is 42.5 Å². The molecule has 0 aromatic heterocycles. The Kier molecular flexibility index (Phi) is 6.18. The Labute approximate surface area is 168 Å². The summed E-state index contributed by atoms with van der Waals surface area (Å²) in [4.78, 5) is 34.6. The maximum absolute atomic E-state index is 12.4. The number of carbonyl (C=O) groups excluding carboxylic acids is 2. The lowest BCUT2D eigenvalue weighted by molar-refractivity contribution is -0.121. The Hall–Kier alpha value is -3.33. The summed E-state index contributed by atoms with van der Waals surface area (Å²) < 4.78 is 5.38. The number of hydrogen-bond acceptors (Lipinski definition) is 5. The van der Waals surface area contributed by atoms with Crippen molar-refractivity contribution in [1.29, 1.82) is 0 Å². The van der Waals surface area contributed by atoms with Gasteiger partial charge in [-0.2, -0.15) is 0 Å². The van der Waals surface area contributed by atoms with E-state index in [2.05, 4.69) is 10.6 Å². The second-order valence-electron chi connectivity index (χ2n) is 6.89. The minimum absolute atomic E-state index is 0.0225. The summed E-state index contributed by atoms with van der Waals surface area (Å²) in [5, 5.41) is 24.9. The molecule has 1 aliphatic rings. The van der Waals surface area contributed by atoms with Gasteiger partial charge in [-0.25, -0.2) is 4.79 Å². The van der Waals surface area contributed by atoms with Gasteiger partial charge in [-0.3, -0.25) is 9.59 Å². The van der Waals surface area contributed by atoms with Gasteiger partial charge in [-0.15, -0.1) is 0 Å². The van der Waals surface area contributed by atoms with Gasteiger partial charge in [0.05, 0.1) is 17.9 Å². The first kappa shape index (κ1) is 20.4. The second-order valence-corrected chi connectivity index (χ2v) is 6.89. The molecule has 0 aliphatic carbocycles. The standard InChI is InChI=1S/C20H21BN2O6/c1-12(24)22-11-14-7-5-13(6-8-14)9-18(25)23-17-10-15-3-2-4-16(20(26)27)19(15)29-21(17)28/h2-8,17,28H,9-11H2,1H3,(H,22,24)(H,23,25)(H,26,27)/t17-/m0/s1. The molecule has 2 aromatic rings. The van der Waals surface area contributed by atoms with E-state index < -0.39 is 19.0 Å². The van der Waals surface area contributed by atoms with Crippen LogP contribution in [0.2, 0.25) is 0 Å². The monoisotopic (exact) mass is 396 g/mol. The highest BCUT2D eigenvalue weighted by Crippen LogP contribution is 2.30. The summed E-state index contributed by atoms with van der Waals surface area (Å²) in [5.74, 6) is -2.09. The molecule has 0 saturated heterocycles. The van der Waals surface area contributed by atoms with Gasteiger partial charge in [0.1, 0.15) is 5.75 Å². The van der Waals surface area contributed by atoms with Gasteiger partial charge in [0, 0.05) is 13.5 Å². The third-order valence-electron chi connectivity index (χ3n) is 4.63. The van der Waals surface area contributed by atoms with Crippen LogP contribution < -0.4 is 15.3 Å². The van der Waals surface area contributed by atoms with Crippen molar-refractivity contribution in [3.05, 3.63) is 64.7 Å². The van der Waals surface area contributed by atoms with Crippen molar-refractivity contribution in [2.45, 2.75) is 32.3 Å². The zero-order chi connectivity index (χ0) is 21.0. The number of rotatable bonds is 6. The molecule has 0 fully saturated rings. The van der Waals surface area contributed by atoms with E-state index in [0.29, 0.717) is 12.1 Å². The van der Waals surface area contributed by atoms with Crippen molar-refractivity contribution >= 4 is 24.9 Å². The molecule has 3 rings (SSSR count). The molecular weight excluding hydrogens is 375 g/mol. The van der Waals surface area contributed by atoms with E-state index in [1.165, 1.54) is 13.0 Å². The van der Waals surface area contributed by atoms with Crippen LogP contribution in [-0.4, -0.2) is 41.0 Å². The Morgan fingerprint density at radius 2 is 1.83 bits per heavy atom. The number of para-hydroxylation sites is 1. The SMILES string of the molecule is CC(=O)NCc1ccc(CC(=O)N[C@H]2Cc3cccc(C(=O)O)c3OB2O)cc1. The van der Waals surface area contributed by atoms with Crippen LogP contribution in [0, 0.1) is 0 Å². The highest BCUT2D eigenvalue weighted by molar-refractivity contribution is 6.47. The van der Waals surface area contributed by atoms with Gasteiger partial charge in [0.25, 0.3) is 0 Å². The van der Waals surface area contributed by atoms with E-state index in [1.807, 2.05) is 12.1 Å². The molecule has 150 valence electrons. The van der Waals surface area contributed by atoms with Gasteiger partial charge < -0.3 is 25.4 Å². The Morgan fingerprint density at radius 1 is 1.14 bits per heavy atom. The highest BCUT2D eigenvalue weighted by Gasteiger charge is 2.37. The normalized spacial score (nSPS) is 15.1. The maximum atomic E-state index is 12.4. The first-order chi connectivity index (χ1) is 13.8.